The molecule has 0 saturated carbocycles. The second kappa shape index (κ2) is 8.27. The third-order valence-electron chi connectivity index (χ3n) is 4.69. The Labute approximate surface area is 173 Å². The number of halogens is 1. The molecule has 0 radical (unpaired) electrons. The van der Waals surface area contributed by atoms with Crippen molar-refractivity contribution in [2.45, 2.75) is 13.0 Å². The lowest BCUT2D eigenvalue weighted by Gasteiger charge is -2.22. The molecule has 2 aromatic carbocycles. The quantitative estimate of drug-likeness (QED) is 0.587. The summed E-state index contributed by atoms with van der Waals surface area (Å²) in [4.78, 5) is 21.3. The molecule has 4 rings (SSSR count). The highest BCUT2D eigenvalue weighted by molar-refractivity contribution is 7.16. The van der Waals surface area contributed by atoms with Crippen LogP contribution < -0.4 is 5.32 Å². The molecule has 0 spiro atoms. The smallest absolute Gasteiger partial charge is 0.259 e. The van der Waals surface area contributed by atoms with Crippen molar-refractivity contribution in [1.82, 2.24) is 4.90 Å². The number of amides is 1. The summed E-state index contributed by atoms with van der Waals surface area (Å²) in [5.41, 5.74) is 3.54. The van der Waals surface area contributed by atoms with Crippen molar-refractivity contribution in [2.24, 2.45) is 4.99 Å². The number of anilines is 1. The predicted octanol–water partition coefficient (Wildman–Crippen LogP) is 5.39. The zero-order valence-electron chi connectivity index (χ0n) is 15.5. The van der Waals surface area contributed by atoms with E-state index in [4.69, 9.17) is 11.6 Å². The predicted molar refractivity (Wildman–Crippen MR) is 117 cm³/mol. The van der Waals surface area contributed by atoms with Crippen LogP contribution in [0.25, 0.3) is 0 Å². The van der Waals surface area contributed by atoms with E-state index < -0.39 is 0 Å². The molecule has 0 bridgehead atoms. The van der Waals surface area contributed by atoms with Gasteiger partial charge in [-0.3, -0.25) is 4.79 Å². The molecule has 0 fully saturated rings. The summed E-state index contributed by atoms with van der Waals surface area (Å²) in [6.07, 6.45) is 2.67. The first kappa shape index (κ1) is 18.9. The van der Waals surface area contributed by atoms with Gasteiger partial charge in [-0.1, -0.05) is 41.9 Å². The molecule has 142 valence electrons. The van der Waals surface area contributed by atoms with Crippen LogP contribution in [0.3, 0.4) is 0 Å². The van der Waals surface area contributed by atoms with Crippen LogP contribution in [0.4, 0.5) is 10.7 Å². The molecule has 0 unspecified atom stereocenters. The van der Waals surface area contributed by atoms with Gasteiger partial charge in [-0.15, -0.1) is 11.3 Å². The Morgan fingerprint density at radius 3 is 2.68 bits per heavy atom. The average molecular weight is 410 g/mol. The highest BCUT2D eigenvalue weighted by Gasteiger charge is 2.26. The molecule has 4 nitrogen and oxygen atoms in total. The van der Waals surface area contributed by atoms with Gasteiger partial charge in [-0.05, 0) is 48.9 Å². The summed E-state index contributed by atoms with van der Waals surface area (Å²) in [6.45, 7) is 1.79. The Balaban J connectivity index is 1.68. The Kier molecular flexibility index (Phi) is 5.57. The van der Waals surface area contributed by atoms with Crippen LogP contribution in [0, 0.1) is 0 Å². The van der Waals surface area contributed by atoms with Crippen LogP contribution >= 0.6 is 22.9 Å². The zero-order chi connectivity index (χ0) is 19.5. The van der Waals surface area contributed by atoms with Gasteiger partial charge in [0.2, 0.25) is 0 Å². The van der Waals surface area contributed by atoms with Crippen LogP contribution in [0.2, 0.25) is 5.02 Å². The number of aliphatic imine (C=N–C) groups is 1. The van der Waals surface area contributed by atoms with E-state index in [1.54, 1.807) is 35.6 Å². The molecule has 0 saturated heterocycles. The lowest BCUT2D eigenvalue weighted by atomic mass is 10.0. The first-order valence-electron chi connectivity index (χ1n) is 9.09. The third kappa shape index (κ3) is 4.17. The van der Waals surface area contributed by atoms with Crippen LogP contribution in [-0.2, 0) is 13.0 Å². The molecule has 1 aromatic heterocycles. The summed E-state index contributed by atoms with van der Waals surface area (Å²) >= 11 is 7.55. The van der Waals surface area contributed by atoms with Crippen LogP contribution in [0.15, 0.2) is 59.6 Å². The number of nitrogens with zero attached hydrogens (tertiary/aromatic N) is 2. The van der Waals surface area contributed by atoms with Gasteiger partial charge in [0.15, 0.2) is 0 Å². The van der Waals surface area contributed by atoms with Crippen molar-refractivity contribution in [3.63, 3.8) is 0 Å². The number of hydrogen-bond donors (Lipinski definition) is 1. The van der Waals surface area contributed by atoms with E-state index >= 15 is 0 Å². The number of benzene rings is 2. The van der Waals surface area contributed by atoms with E-state index in [1.165, 1.54) is 4.88 Å². The monoisotopic (exact) mass is 409 g/mol. The van der Waals surface area contributed by atoms with E-state index in [1.807, 2.05) is 36.5 Å². The molecule has 2 heterocycles. The van der Waals surface area contributed by atoms with Gasteiger partial charge in [-0.25, -0.2) is 4.99 Å². The van der Waals surface area contributed by atoms with Crippen molar-refractivity contribution in [1.29, 1.82) is 0 Å². The van der Waals surface area contributed by atoms with Gasteiger partial charge in [0.05, 0.1) is 5.56 Å². The number of hydrogen-bond acceptors (Lipinski definition) is 4. The molecule has 0 atom stereocenters. The highest BCUT2D eigenvalue weighted by atomic mass is 35.5. The van der Waals surface area contributed by atoms with E-state index in [0.717, 1.165) is 41.3 Å². The van der Waals surface area contributed by atoms with Gasteiger partial charge in [0.25, 0.3) is 5.91 Å². The number of carbonyl (C=O) groups excluding carboxylic acids is 1. The van der Waals surface area contributed by atoms with Gasteiger partial charge >= 0.3 is 0 Å². The van der Waals surface area contributed by atoms with Gasteiger partial charge in [0.1, 0.15) is 5.00 Å². The van der Waals surface area contributed by atoms with Gasteiger partial charge in [-0.2, -0.15) is 0 Å². The van der Waals surface area contributed by atoms with Crippen molar-refractivity contribution >= 4 is 45.7 Å². The van der Waals surface area contributed by atoms with Gasteiger partial charge in [0, 0.05) is 34.9 Å². The SMILES string of the molecule is CN1CCc2c(sc(N=Cc3ccccc3)c2C(=O)Nc2ccc(Cl)cc2)C1. The third-order valence-corrected chi connectivity index (χ3v) is 6.07. The fraction of sp³-hybridized carbons (Fsp3) is 0.182. The second-order valence-corrected chi connectivity index (χ2v) is 8.32. The van der Waals surface area contributed by atoms with Crippen LogP contribution in [0.1, 0.15) is 26.4 Å². The van der Waals surface area contributed by atoms with E-state index in [0.29, 0.717) is 10.6 Å². The molecular formula is C22H20ClN3OS. The molecule has 1 amide bonds. The van der Waals surface area contributed by atoms with E-state index in [9.17, 15) is 4.79 Å². The molecule has 1 N–H and O–H groups in total. The normalized spacial score (nSPS) is 14.2. The zero-order valence-corrected chi connectivity index (χ0v) is 17.1. The first-order valence-corrected chi connectivity index (χ1v) is 10.3. The lowest BCUT2D eigenvalue weighted by molar-refractivity contribution is 0.102. The lowest BCUT2D eigenvalue weighted by Crippen LogP contribution is -2.26. The van der Waals surface area contributed by atoms with Crippen LogP contribution in [0.5, 0.6) is 0 Å². The Morgan fingerprint density at radius 1 is 1.18 bits per heavy atom. The average Bonchev–Trinajstić information content (AvgIpc) is 3.06. The number of thiophene rings is 1. The topological polar surface area (TPSA) is 44.7 Å². The second-order valence-electron chi connectivity index (χ2n) is 6.80. The highest BCUT2D eigenvalue weighted by Crippen LogP contribution is 2.39. The molecule has 1 aliphatic rings. The largest absolute Gasteiger partial charge is 0.322 e. The minimum absolute atomic E-state index is 0.121. The van der Waals surface area contributed by atoms with E-state index in [2.05, 4.69) is 22.3 Å². The fourth-order valence-electron chi connectivity index (χ4n) is 3.24. The summed E-state index contributed by atoms with van der Waals surface area (Å²) in [5.74, 6) is -0.121. The molecule has 6 heteroatoms. The number of nitrogens with one attached hydrogen (secondary N) is 1. The first-order chi connectivity index (χ1) is 13.6. The molecular weight excluding hydrogens is 390 g/mol. The van der Waals surface area contributed by atoms with Crippen molar-refractivity contribution in [3.05, 3.63) is 81.2 Å². The summed E-state index contributed by atoms with van der Waals surface area (Å²) in [7, 11) is 2.10. The van der Waals surface area contributed by atoms with Crippen molar-refractivity contribution in [2.75, 3.05) is 18.9 Å². The molecule has 0 aliphatic carbocycles. The molecule has 28 heavy (non-hydrogen) atoms. The minimum Gasteiger partial charge on any atom is -0.322 e. The molecule has 1 aliphatic heterocycles. The van der Waals surface area contributed by atoms with Crippen molar-refractivity contribution in [3.8, 4) is 0 Å². The van der Waals surface area contributed by atoms with Gasteiger partial charge < -0.3 is 10.2 Å². The van der Waals surface area contributed by atoms with E-state index in [-0.39, 0.29) is 5.91 Å². The maximum atomic E-state index is 13.1. The Morgan fingerprint density at radius 2 is 1.93 bits per heavy atom. The number of likely N-dealkylation sites (N-methyl/N-ethyl adjacent to an activating group) is 1. The fourth-order valence-corrected chi connectivity index (χ4v) is 4.64. The maximum Gasteiger partial charge on any atom is 0.259 e. The Bertz CT molecular complexity index is 1010. The number of carbonyl (C=O) groups is 1. The summed E-state index contributed by atoms with van der Waals surface area (Å²) in [6, 6.07) is 17.1. The summed E-state index contributed by atoms with van der Waals surface area (Å²) < 4.78 is 0. The number of fused-ring (bicyclic) bond motifs is 1. The maximum absolute atomic E-state index is 13.1. The standard InChI is InChI=1S/C22H20ClN3OS/c1-26-12-11-18-19(14-26)28-22(24-13-15-5-3-2-4-6-15)20(18)21(27)25-17-9-7-16(23)8-10-17/h2-10,13H,11-12,14H2,1H3,(H,25,27). The molecule has 3 aromatic rings. The Hall–Kier alpha value is -2.47. The summed E-state index contributed by atoms with van der Waals surface area (Å²) in [5, 5.41) is 4.39. The van der Waals surface area contributed by atoms with Crippen LogP contribution in [-0.4, -0.2) is 30.6 Å². The minimum atomic E-state index is -0.121. The number of rotatable bonds is 4. The van der Waals surface area contributed by atoms with Crippen molar-refractivity contribution < 1.29 is 4.79 Å².